The first kappa shape index (κ1) is 18.0. The number of para-hydroxylation sites is 1. The Morgan fingerprint density at radius 1 is 1.00 bits per heavy atom. The largest absolute Gasteiger partial charge is 0.365 e. The predicted octanol–water partition coefficient (Wildman–Crippen LogP) is 2.14. The number of H-pyrrole nitrogens is 1. The Morgan fingerprint density at radius 2 is 1.71 bits per heavy atom. The fourth-order valence-electron chi connectivity index (χ4n) is 3.77. The van der Waals surface area contributed by atoms with Gasteiger partial charge in [-0.1, -0.05) is 18.2 Å². The van der Waals surface area contributed by atoms with E-state index in [-0.39, 0.29) is 11.5 Å². The highest BCUT2D eigenvalue weighted by molar-refractivity contribution is 5.94. The molecule has 1 aromatic carbocycles. The molecule has 0 aliphatic carbocycles. The monoisotopic (exact) mass is 377 g/mol. The van der Waals surface area contributed by atoms with Crippen molar-refractivity contribution in [1.29, 1.82) is 0 Å². The van der Waals surface area contributed by atoms with Gasteiger partial charge in [0, 0.05) is 38.4 Å². The summed E-state index contributed by atoms with van der Waals surface area (Å²) < 4.78 is 1.97. The smallest absolute Gasteiger partial charge is 0.255 e. The highest BCUT2D eigenvalue weighted by atomic mass is 16.2. The standard InChI is InChI=1S/C21H23N5O2/c1-15-20(16(2)26(23-15)18-6-4-3-5-7-18)24-10-12-25(13-11-24)21(28)17-8-9-19(27)22-14-17/h3-9,14H,10-13H2,1-2H3,(H,22,27). The maximum Gasteiger partial charge on any atom is 0.255 e. The molecule has 7 heteroatoms. The highest BCUT2D eigenvalue weighted by Gasteiger charge is 2.26. The van der Waals surface area contributed by atoms with Gasteiger partial charge in [0.1, 0.15) is 0 Å². The summed E-state index contributed by atoms with van der Waals surface area (Å²) in [5.74, 6) is -0.0516. The van der Waals surface area contributed by atoms with Crippen molar-refractivity contribution in [2.24, 2.45) is 0 Å². The lowest BCUT2D eigenvalue weighted by Crippen LogP contribution is -2.49. The van der Waals surface area contributed by atoms with E-state index < -0.39 is 0 Å². The third-order valence-corrected chi connectivity index (χ3v) is 5.17. The molecule has 4 rings (SSSR count). The topological polar surface area (TPSA) is 74.2 Å². The van der Waals surface area contributed by atoms with E-state index in [1.165, 1.54) is 12.3 Å². The molecule has 1 N–H and O–H groups in total. The van der Waals surface area contributed by atoms with Crippen molar-refractivity contribution in [3.05, 3.63) is 76.0 Å². The molecule has 28 heavy (non-hydrogen) atoms. The minimum Gasteiger partial charge on any atom is -0.365 e. The number of amides is 1. The minimum absolute atomic E-state index is 0.0516. The lowest BCUT2D eigenvalue weighted by molar-refractivity contribution is 0.0746. The average Bonchev–Trinajstić information content (AvgIpc) is 3.03. The van der Waals surface area contributed by atoms with Crippen LogP contribution in [-0.2, 0) is 0 Å². The average molecular weight is 377 g/mol. The summed E-state index contributed by atoms with van der Waals surface area (Å²) in [4.78, 5) is 30.5. The Hall–Kier alpha value is -3.35. The van der Waals surface area contributed by atoms with Gasteiger partial charge in [-0.2, -0.15) is 5.10 Å². The van der Waals surface area contributed by atoms with E-state index in [1.54, 1.807) is 6.07 Å². The number of nitrogens with one attached hydrogen (secondary N) is 1. The number of hydrogen-bond donors (Lipinski definition) is 1. The molecular formula is C21H23N5O2. The zero-order valence-electron chi connectivity index (χ0n) is 16.1. The number of benzene rings is 1. The SMILES string of the molecule is Cc1nn(-c2ccccc2)c(C)c1N1CCN(C(=O)c2ccc(=O)[nH]c2)CC1. The van der Waals surface area contributed by atoms with E-state index in [4.69, 9.17) is 5.10 Å². The Balaban J connectivity index is 1.50. The van der Waals surface area contributed by atoms with Crippen LogP contribution in [0.1, 0.15) is 21.7 Å². The molecule has 1 aliphatic heterocycles. The van der Waals surface area contributed by atoms with Gasteiger partial charge in [-0.25, -0.2) is 4.68 Å². The second kappa shape index (κ2) is 7.34. The van der Waals surface area contributed by atoms with Crippen molar-refractivity contribution in [1.82, 2.24) is 19.7 Å². The van der Waals surface area contributed by atoms with Crippen LogP contribution in [0.3, 0.4) is 0 Å². The molecule has 1 saturated heterocycles. The Morgan fingerprint density at radius 3 is 2.36 bits per heavy atom. The van der Waals surface area contributed by atoms with Crippen molar-refractivity contribution >= 4 is 11.6 Å². The van der Waals surface area contributed by atoms with Crippen LogP contribution in [0, 0.1) is 13.8 Å². The first-order chi connectivity index (χ1) is 13.5. The van der Waals surface area contributed by atoms with Gasteiger partial charge in [0.05, 0.1) is 28.3 Å². The number of pyridine rings is 1. The zero-order valence-corrected chi connectivity index (χ0v) is 16.1. The summed E-state index contributed by atoms with van der Waals surface area (Å²) in [6.45, 7) is 6.87. The van der Waals surface area contributed by atoms with Crippen LogP contribution in [-0.4, -0.2) is 51.8 Å². The number of aromatic amines is 1. The van der Waals surface area contributed by atoms with E-state index in [0.717, 1.165) is 35.9 Å². The highest BCUT2D eigenvalue weighted by Crippen LogP contribution is 2.27. The van der Waals surface area contributed by atoms with Crippen molar-refractivity contribution in [2.45, 2.75) is 13.8 Å². The molecule has 1 aliphatic rings. The fraction of sp³-hybridized carbons (Fsp3) is 0.286. The number of anilines is 1. The number of carbonyl (C=O) groups is 1. The molecule has 0 atom stereocenters. The van der Waals surface area contributed by atoms with Crippen LogP contribution in [0.2, 0.25) is 0 Å². The Kier molecular flexibility index (Phi) is 4.73. The van der Waals surface area contributed by atoms with E-state index >= 15 is 0 Å². The molecule has 7 nitrogen and oxygen atoms in total. The summed E-state index contributed by atoms with van der Waals surface area (Å²) in [5, 5.41) is 4.73. The van der Waals surface area contributed by atoms with E-state index in [9.17, 15) is 9.59 Å². The van der Waals surface area contributed by atoms with Crippen molar-refractivity contribution in [3.63, 3.8) is 0 Å². The Bertz CT molecular complexity index is 1030. The molecule has 0 radical (unpaired) electrons. The molecule has 0 spiro atoms. The quantitative estimate of drug-likeness (QED) is 0.759. The number of carbonyl (C=O) groups excluding carboxylic acids is 1. The van der Waals surface area contributed by atoms with Gasteiger partial charge in [0.25, 0.3) is 5.91 Å². The Labute approximate surface area is 163 Å². The van der Waals surface area contributed by atoms with Gasteiger partial charge in [-0.05, 0) is 32.0 Å². The molecule has 0 bridgehead atoms. The lowest BCUT2D eigenvalue weighted by atomic mass is 10.2. The number of hydrogen-bond acceptors (Lipinski definition) is 4. The molecule has 1 amide bonds. The molecule has 0 saturated carbocycles. The van der Waals surface area contributed by atoms with E-state index in [1.807, 2.05) is 46.8 Å². The van der Waals surface area contributed by atoms with Crippen molar-refractivity contribution in [2.75, 3.05) is 31.1 Å². The van der Waals surface area contributed by atoms with Crippen LogP contribution < -0.4 is 10.5 Å². The number of piperazine rings is 1. The van der Waals surface area contributed by atoms with Gasteiger partial charge in [-0.3, -0.25) is 9.59 Å². The molecule has 0 unspecified atom stereocenters. The normalized spacial score (nSPS) is 14.4. The third kappa shape index (κ3) is 3.31. The summed E-state index contributed by atoms with van der Waals surface area (Å²) in [6, 6.07) is 13.1. The van der Waals surface area contributed by atoms with Crippen LogP contribution in [0.15, 0.2) is 53.5 Å². The minimum atomic E-state index is -0.206. The summed E-state index contributed by atoms with van der Waals surface area (Å²) in [5.41, 5.74) is 4.58. The molecular weight excluding hydrogens is 354 g/mol. The van der Waals surface area contributed by atoms with Crippen molar-refractivity contribution in [3.8, 4) is 5.69 Å². The molecule has 3 aromatic rings. The van der Waals surface area contributed by atoms with Gasteiger partial charge >= 0.3 is 0 Å². The zero-order chi connectivity index (χ0) is 19.7. The van der Waals surface area contributed by atoms with E-state index in [2.05, 4.69) is 16.8 Å². The third-order valence-electron chi connectivity index (χ3n) is 5.17. The fourth-order valence-corrected chi connectivity index (χ4v) is 3.77. The molecule has 144 valence electrons. The molecule has 3 heterocycles. The number of aromatic nitrogens is 3. The van der Waals surface area contributed by atoms with Crippen LogP contribution in [0.4, 0.5) is 5.69 Å². The van der Waals surface area contributed by atoms with Crippen LogP contribution in [0.25, 0.3) is 5.69 Å². The number of aryl methyl sites for hydroxylation is 1. The first-order valence-corrected chi connectivity index (χ1v) is 9.39. The molecule has 2 aromatic heterocycles. The first-order valence-electron chi connectivity index (χ1n) is 9.39. The predicted molar refractivity (Wildman–Crippen MR) is 108 cm³/mol. The van der Waals surface area contributed by atoms with Gasteiger partial charge in [0.2, 0.25) is 5.56 Å². The van der Waals surface area contributed by atoms with Crippen molar-refractivity contribution < 1.29 is 4.79 Å². The maximum absolute atomic E-state index is 12.6. The van der Waals surface area contributed by atoms with Crippen LogP contribution >= 0.6 is 0 Å². The number of rotatable bonds is 3. The van der Waals surface area contributed by atoms with Gasteiger partial charge in [-0.15, -0.1) is 0 Å². The summed E-state index contributed by atoms with van der Waals surface area (Å²) in [7, 11) is 0. The lowest BCUT2D eigenvalue weighted by Gasteiger charge is -2.36. The van der Waals surface area contributed by atoms with Crippen LogP contribution in [0.5, 0.6) is 0 Å². The van der Waals surface area contributed by atoms with E-state index in [0.29, 0.717) is 18.7 Å². The molecule has 1 fully saturated rings. The summed E-state index contributed by atoms with van der Waals surface area (Å²) in [6.07, 6.45) is 1.48. The number of nitrogens with zero attached hydrogens (tertiary/aromatic N) is 4. The second-order valence-corrected chi connectivity index (χ2v) is 6.99. The van der Waals surface area contributed by atoms with Gasteiger partial charge < -0.3 is 14.8 Å². The second-order valence-electron chi connectivity index (χ2n) is 6.99. The summed E-state index contributed by atoms with van der Waals surface area (Å²) >= 11 is 0. The van der Waals surface area contributed by atoms with Gasteiger partial charge in [0.15, 0.2) is 0 Å². The maximum atomic E-state index is 12.6.